The van der Waals surface area contributed by atoms with Gasteiger partial charge >= 0.3 is 6.03 Å². The van der Waals surface area contributed by atoms with E-state index in [2.05, 4.69) is 19.2 Å². The van der Waals surface area contributed by atoms with Crippen molar-refractivity contribution < 1.29 is 9.53 Å². The molecule has 2 amide bonds. The van der Waals surface area contributed by atoms with Gasteiger partial charge in [-0.25, -0.2) is 4.79 Å². The van der Waals surface area contributed by atoms with Crippen LogP contribution in [0.2, 0.25) is 4.34 Å². The number of rotatable bonds is 8. The number of thiophene rings is 1. The van der Waals surface area contributed by atoms with Crippen molar-refractivity contribution in [3.63, 3.8) is 0 Å². The second-order valence-corrected chi connectivity index (χ2v) is 6.72. The molecule has 6 heteroatoms. The molecule has 0 bridgehead atoms. The zero-order valence-corrected chi connectivity index (χ0v) is 13.9. The lowest BCUT2D eigenvalue weighted by atomic mass is 10.2. The van der Waals surface area contributed by atoms with E-state index in [1.807, 2.05) is 19.1 Å². The van der Waals surface area contributed by atoms with Crippen LogP contribution in [0.1, 0.15) is 25.6 Å². The van der Waals surface area contributed by atoms with Crippen LogP contribution in [-0.4, -0.2) is 37.2 Å². The Morgan fingerprint density at radius 3 is 2.80 bits per heavy atom. The van der Waals surface area contributed by atoms with Crippen molar-refractivity contribution in [3.8, 4) is 0 Å². The van der Waals surface area contributed by atoms with Gasteiger partial charge in [-0.3, -0.25) is 0 Å². The number of urea groups is 1. The van der Waals surface area contributed by atoms with Crippen LogP contribution in [0.4, 0.5) is 4.79 Å². The molecule has 0 unspecified atom stereocenters. The molecule has 1 rings (SSSR count). The van der Waals surface area contributed by atoms with Crippen LogP contribution >= 0.6 is 22.9 Å². The quantitative estimate of drug-likeness (QED) is 0.744. The minimum atomic E-state index is -0.0647. The summed E-state index contributed by atoms with van der Waals surface area (Å²) in [6.45, 7) is 9.22. The molecule has 0 aliphatic carbocycles. The molecule has 1 aromatic heterocycles. The van der Waals surface area contributed by atoms with Gasteiger partial charge in [0, 0.05) is 24.6 Å². The molecule has 4 nitrogen and oxygen atoms in total. The maximum atomic E-state index is 12.0. The zero-order chi connectivity index (χ0) is 15.0. The van der Waals surface area contributed by atoms with Gasteiger partial charge in [0.25, 0.3) is 0 Å². The van der Waals surface area contributed by atoms with Gasteiger partial charge in [-0.15, -0.1) is 11.3 Å². The number of carbonyl (C=O) groups is 1. The van der Waals surface area contributed by atoms with E-state index >= 15 is 0 Å². The first-order valence-electron chi connectivity index (χ1n) is 6.87. The molecule has 0 spiro atoms. The maximum absolute atomic E-state index is 12.0. The van der Waals surface area contributed by atoms with Crippen LogP contribution in [0.15, 0.2) is 12.1 Å². The summed E-state index contributed by atoms with van der Waals surface area (Å²) in [6, 6.07) is 3.74. The van der Waals surface area contributed by atoms with Crippen molar-refractivity contribution in [2.75, 3.05) is 26.3 Å². The van der Waals surface area contributed by atoms with Crippen molar-refractivity contribution >= 4 is 29.0 Å². The van der Waals surface area contributed by atoms with Crippen LogP contribution < -0.4 is 5.32 Å². The number of carbonyl (C=O) groups excluding carboxylic acids is 1. The van der Waals surface area contributed by atoms with Gasteiger partial charge in [-0.2, -0.15) is 0 Å². The Kier molecular flexibility index (Phi) is 7.95. The third-order valence-electron chi connectivity index (χ3n) is 2.62. The average molecular weight is 319 g/mol. The molecule has 0 aliphatic rings. The van der Waals surface area contributed by atoms with Gasteiger partial charge in [0.1, 0.15) is 0 Å². The Morgan fingerprint density at radius 1 is 1.50 bits per heavy atom. The predicted molar refractivity (Wildman–Crippen MR) is 84.5 cm³/mol. The standard InChI is InChI=1S/C14H23ClN2O2S/c1-4-17(9-12-5-6-13(15)20-12)14(18)16-7-8-19-10-11(2)3/h5-6,11H,4,7-10H2,1-3H3,(H,16,18). The van der Waals surface area contributed by atoms with Gasteiger partial charge < -0.3 is 15.0 Å². The van der Waals surface area contributed by atoms with Crippen molar-refractivity contribution in [1.82, 2.24) is 10.2 Å². The first-order valence-corrected chi connectivity index (χ1v) is 8.07. The number of amides is 2. The number of halogens is 1. The Morgan fingerprint density at radius 2 is 2.25 bits per heavy atom. The lowest BCUT2D eigenvalue weighted by molar-refractivity contribution is 0.111. The van der Waals surface area contributed by atoms with E-state index in [9.17, 15) is 4.79 Å². The monoisotopic (exact) mass is 318 g/mol. The summed E-state index contributed by atoms with van der Waals surface area (Å²) < 4.78 is 6.18. The molecular weight excluding hydrogens is 296 g/mol. The van der Waals surface area contributed by atoms with Crippen LogP contribution in [0.5, 0.6) is 0 Å². The number of hydrogen-bond donors (Lipinski definition) is 1. The topological polar surface area (TPSA) is 41.6 Å². The van der Waals surface area contributed by atoms with Gasteiger partial charge in [-0.1, -0.05) is 25.4 Å². The molecule has 0 aromatic carbocycles. The Hall–Kier alpha value is -0.780. The van der Waals surface area contributed by atoms with Gasteiger partial charge in [0.15, 0.2) is 0 Å². The Balaban J connectivity index is 2.28. The Bertz CT molecular complexity index is 410. The fourth-order valence-corrected chi connectivity index (χ4v) is 2.72. The molecule has 0 saturated heterocycles. The normalized spacial score (nSPS) is 10.8. The van der Waals surface area contributed by atoms with E-state index in [1.54, 1.807) is 4.90 Å². The summed E-state index contributed by atoms with van der Waals surface area (Å²) in [5.41, 5.74) is 0. The average Bonchev–Trinajstić information content (AvgIpc) is 2.80. The highest BCUT2D eigenvalue weighted by Gasteiger charge is 2.12. The number of ether oxygens (including phenoxy) is 1. The molecule has 0 fully saturated rings. The summed E-state index contributed by atoms with van der Waals surface area (Å²) in [5.74, 6) is 0.515. The lowest BCUT2D eigenvalue weighted by Gasteiger charge is -2.20. The maximum Gasteiger partial charge on any atom is 0.317 e. The van der Waals surface area contributed by atoms with Crippen molar-refractivity contribution in [3.05, 3.63) is 21.3 Å². The van der Waals surface area contributed by atoms with Crippen LogP contribution in [0.25, 0.3) is 0 Å². The molecular formula is C14H23ClN2O2S. The number of hydrogen-bond acceptors (Lipinski definition) is 3. The minimum Gasteiger partial charge on any atom is -0.379 e. The molecule has 114 valence electrons. The molecule has 0 aliphatic heterocycles. The third-order valence-corrected chi connectivity index (χ3v) is 3.83. The number of nitrogens with zero attached hydrogens (tertiary/aromatic N) is 1. The van der Waals surface area contributed by atoms with Crippen LogP contribution in [0, 0.1) is 5.92 Å². The van der Waals surface area contributed by atoms with Crippen molar-refractivity contribution in [2.45, 2.75) is 27.3 Å². The van der Waals surface area contributed by atoms with E-state index in [0.717, 1.165) is 15.8 Å². The van der Waals surface area contributed by atoms with Crippen LogP contribution in [0.3, 0.4) is 0 Å². The molecule has 0 saturated carbocycles. The van der Waals surface area contributed by atoms with Crippen molar-refractivity contribution in [1.29, 1.82) is 0 Å². The Labute approximate surface area is 130 Å². The fourth-order valence-electron chi connectivity index (χ4n) is 1.61. The zero-order valence-electron chi connectivity index (χ0n) is 12.3. The summed E-state index contributed by atoms with van der Waals surface area (Å²) >= 11 is 7.40. The summed E-state index contributed by atoms with van der Waals surface area (Å²) in [6.07, 6.45) is 0. The first kappa shape index (κ1) is 17.3. The predicted octanol–water partition coefficient (Wildman–Crippen LogP) is 3.61. The minimum absolute atomic E-state index is 0.0647. The van der Waals surface area contributed by atoms with E-state index < -0.39 is 0 Å². The van der Waals surface area contributed by atoms with E-state index in [4.69, 9.17) is 16.3 Å². The largest absolute Gasteiger partial charge is 0.379 e. The molecule has 1 heterocycles. The van der Waals surface area contributed by atoms with E-state index in [-0.39, 0.29) is 6.03 Å². The second kappa shape index (κ2) is 9.21. The number of nitrogens with one attached hydrogen (secondary N) is 1. The highest BCUT2D eigenvalue weighted by molar-refractivity contribution is 7.16. The first-order chi connectivity index (χ1) is 9.52. The van der Waals surface area contributed by atoms with Crippen molar-refractivity contribution in [2.24, 2.45) is 5.92 Å². The van der Waals surface area contributed by atoms with Gasteiger partial charge in [0.2, 0.25) is 0 Å². The van der Waals surface area contributed by atoms with Gasteiger partial charge in [0.05, 0.1) is 17.5 Å². The molecule has 1 aromatic rings. The highest BCUT2D eigenvalue weighted by Crippen LogP contribution is 2.22. The second-order valence-electron chi connectivity index (χ2n) is 4.92. The van der Waals surface area contributed by atoms with E-state index in [0.29, 0.717) is 32.2 Å². The molecule has 20 heavy (non-hydrogen) atoms. The lowest BCUT2D eigenvalue weighted by Crippen LogP contribution is -2.40. The van der Waals surface area contributed by atoms with E-state index in [1.165, 1.54) is 11.3 Å². The smallest absolute Gasteiger partial charge is 0.317 e. The SMILES string of the molecule is CCN(Cc1ccc(Cl)s1)C(=O)NCCOCC(C)C. The van der Waals surface area contributed by atoms with Crippen LogP contribution in [-0.2, 0) is 11.3 Å². The van der Waals surface area contributed by atoms with Gasteiger partial charge in [-0.05, 0) is 25.0 Å². The molecule has 0 radical (unpaired) electrons. The third kappa shape index (κ3) is 6.59. The summed E-state index contributed by atoms with van der Waals surface area (Å²) in [7, 11) is 0. The summed E-state index contributed by atoms with van der Waals surface area (Å²) in [4.78, 5) is 14.9. The highest BCUT2D eigenvalue weighted by atomic mass is 35.5. The molecule has 0 atom stereocenters. The molecule has 1 N–H and O–H groups in total. The summed E-state index contributed by atoms with van der Waals surface area (Å²) in [5, 5.41) is 2.87. The fraction of sp³-hybridized carbons (Fsp3) is 0.643.